The molecule has 0 spiro atoms. The van der Waals surface area contributed by atoms with Crippen molar-refractivity contribution in [3.63, 3.8) is 0 Å². The third-order valence-electron chi connectivity index (χ3n) is 4.43. The number of para-hydroxylation sites is 1. The van der Waals surface area contributed by atoms with Crippen LogP contribution in [0.1, 0.15) is 22.8 Å². The molecule has 1 aliphatic heterocycles. The van der Waals surface area contributed by atoms with Crippen LogP contribution in [0.5, 0.6) is 0 Å². The molecule has 1 saturated heterocycles. The number of thioether (sulfide) groups is 1. The van der Waals surface area contributed by atoms with Crippen molar-refractivity contribution in [2.45, 2.75) is 18.6 Å². The molecule has 0 radical (unpaired) electrons. The number of ether oxygens (including phenoxy) is 1. The number of esters is 1. The van der Waals surface area contributed by atoms with Crippen LogP contribution in [0.25, 0.3) is 0 Å². The number of nitrogens with zero attached hydrogens (tertiary/aromatic N) is 2. The largest absolute Gasteiger partial charge is 0.462 e. The molecule has 2 amide bonds. The van der Waals surface area contributed by atoms with E-state index in [0.717, 1.165) is 17.3 Å². The molecule has 2 aromatic rings. The second kappa shape index (κ2) is 9.29. The first-order chi connectivity index (χ1) is 14.5. The summed E-state index contributed by atoms with van der Waals surface area (Å²) in [5.41, 5.74) is 6.93. The molecule has 0 aliphatic carbocycles. The fourth-order valence-corrected chi connectivity index (χ4v) is 4.33. The Morgan fingerprint density at radius 3 is 2.40 bits per heavy atom. The molecule has 30 heavy (non-hydrogen) atoms. The lowest BCUT2D eigenvalue weighted by Gasteiger charge is -2.18. The lowest BCUT2D eigenvalue weighted by Crippen LogP contribution is -2.31. The van der Waals surface area contributed by atoms with Crippen molar-refractivity contribution in [2.75, 3.05) is 11.5 Å². The number of carbonyl (C=O) groups excluding carboxylic acids is 3. The van der Waals surface area contributed by atoms with E-state index in [9.17, 15) is 19.6 Å². The SMILES string of the molecule is CCOC(=O)c1ccc(C[C@@H]2S/C(=C(\C#N)C(N)=O)N(c3ccccc3)C2=O)cc1. The highest BCUT2D eigenvalue weighted by Gasteiger charge is 2.40. The van der Waals surface area contributed by atoms with Crippen LogP contribution < -0.4 is 10.6 Å². The molecule has 8 heteroatoms. The van der Waals surface area contributed by atoms with E-state index < -0.39 is 17.1 Å². The summed E-state index contributed by atoms with van der Waals surface area (Å²) < 4.78 is 4.97. The molecule has 3 rings (SSSR count). The molecule has 7 nitrogen and oxygen atoms in total. The number of rotatable bonds is 6. The molecule has 2 aromatic carbocycles. The van der Waals surface area contributed by atoms with Gasteiger partial charge in [0.1, 0.15) is 16.7 Å². The molecule has 152 valence electrons. The van der Waals surface area contributed by atoms with Gasteiger partial charge in [0.15, 0.2) is 0 Å². The van der Waals surface area contributed by atoms with Gasteiger partial charge in [-0.3, -0.25) is 14.5 Å². The summed E-state index contributed by atoms with van der Waals surface area (Å²) in [5, 5.41) is 9.09. The van der Waals surface area contributed by atoms with Gasteiger partial charge < -0.3 is 10.5 Å². The maximum absolute atomic E-state index is 13.2. The predicted octanol–water partition coefficient (Wildman–Crippen LogP) is 2.77. The lowest BCUT2D eigenvalue weighted by molar-refractivity contribution is -0.117. The molecular formula is C22H19N3O4S. The summed E-state index contributed by atoms with van der Waals surface area (Å²) in [6.45, 7) is 2.03. The van der Waals surface area contributed by atoms with E-state index in [1.807, 2.05) is 12.1 Å². The highest BCUT2D eigenvalue weighted by molar-refractivity contribution is 8.05. The van der Waals surface area contributed by atoms with Gasteiger partial charge in [0, 0.05) is 5.69 Å². The second-order valence-electron chi connectivity index (χ2n) is 6.39. The Balaban J connectivity index is 1.90. The highest BCUT2D eigenvalue weighted by atomic mass is 32.2. The molecular weight excluding hydrogens is 402 g/mol. The first-order valence-corrected chi connectivity index (χ1v) is 10.1. The Morgan fingerprint density at radius 2 is 1.83 bits per heavy atom. The topological polar surface area (TPSA) is 113 Å². The minimum absolute atomic E-state index is 0.231. The van der Waals surface area contributed by atoms with Crippen molar-refractivity contribution in [3.05, 3.63) is 76.3 Å². The quantitative estimate of drug-likeness (QED) is 0.436. The fraction of sp³-hybridized carbons (Fsp3) is 0.182. The Bertz CT molecular complexity index is 1040. The third-order valence-corrected chi connectivity index (χ3v) is 5.69. The first kappa shape index (κ1) is 21.1. The average molecular weight is 421 g/mol. The van der Waals surface area contributed by atoms with E-state index in [1.54, 1.807) is 55.5 Å². The summed E-state index contributed by atoms with van der Waals surface area (Å²) in [5.74, 6) is -1.53. The van der Waals surface area contributed by atoms with Gasteiger partial charge in [-0.05, 0) is 43.2 Å². The van der Waals surface area contributed by atoms with Crippen molar-refractivity contribution in [2.24, 2.45) is 5.73 Å². The van der Waals surface area contributed by atoms with Crippen molar-refractivity contribution in [3.8, 4) is 6.07 Å². The van der Waals surface area contributed by atoms with Gasteiger partial charge in [-0.2, -0.15) is 5.26 Å². The number of nitrogens with two attached hydrogens (primary N) is 1. The number of hydrogen-bond donors (Lipinski definition) is 1. The van der Waals surface area contributed by atoms with E-state index in [-0.39, 0.29) is 16.5 Å². The van der Waals surface area contributed by atoms with Crippen LogP contribution in [-0.2, 0) is 20.7 Å². The van der Waals surface area contributed by atoms with Gasteiger partial charge in [0.05, 0.1) is 17.4 Å². The van der Waals surface area contributed by atoms with Crippen LogP contribution in [0.15, 0.2) is 65.2 Å². The fourth-order valence-electron chi connectivity index (χ4n) is 3.02. The number of nitriles is 1. The van der Waals surface area contributed by atoms with Gasteiger partial charge >= 0.3 is 5.97 Å². The second-order valence-corrected chi connectivity index (χ2v) is 7.58. The lowest BCUT2D eigenvalue weighted by atomic mass is 10.1. The molecule has 0 aromatic heterocycles. The van der Waals surface area contributed by atoms with Crippen molar-refractivity contribution in [1.82, 2.24) is 0 Å². The molecule has 0 bridgehead atoms. The van der Waals surface area contributed by atoms with Crippen LogP contribution in [0.2, 0.25) is 0 Å². The number of anilines is 1. The zero-order chi connectivity index (χ0) is 21.7. The van der Waals surface area contributed by atoms with Crippen molar-refractivity contribution in [1.29, 1.82) is 5.26 Å². The predicted molar refractivity (Wildman–Crippen MR) is 113 cm³/mol. The van der Waals surface area contributed by atoms with E-state index in [4.69, 9.17) is 10.5 Å². The summed E-state index contributed by atoms with van der Waals surface area (Å²) in [6, 6.07) is 17.4. The Kier molecular flexibility index (Phi) is 6.54. The zero-order valence-corrected chi connectivity index (χ0v) is 17.0. The molecule has 2 N–H and O–H groups in total. The molecule has 1 heterocycles. The van der Waals surface area contributed by atoms with Crippen LogP contribution in [0, 0.1) is 11.3 Å². The zero-order valence-electron chi connectivity index (χ0n) is 16.2. The number of carbonyl (C=O) groups is 3. The average Bonchev–Trinajstić information content (AvgIpc) is 3.05. The molecule has 0 unspecified atom stereocenters. The van der Waals surface area contributed by atoms with Gasteiger partial charge in [-0.15, -0.1) is 0 Å². The van der Waals surface area contributed by atoms with Gasteiger partial charge in [0.25, 0.3) is 5.91 Å². The number of benzene rings is 2. The third kappa shape index (κ3) is 4.36. The van der Waals surface area contributed by atoms with Gasteiger partial charge in [-0.1, -0.05) is 42.1 Å². The molecule has 0 saturated carbocycles. The van der Waals surface area contributed by atoms with Crippen LogP contribution in [0.3, 0.4) is 0 Å². The highest BCUT2D eigenvalue weighted by Crippen LogP contribution is 2.41. The maximum atomic E-state index is 13.2. The van der Waals surface area contributed by atoms with Crippen LogP contribution in [0.4, 0.5) is 5.69 Å². The molecule has 1 aliphatic rings. The van der Waals surface area contributed by atoms with E-state index in [1.165, 1.54) is 4.90 Å². The van der Waals surface area contributed by atoms with Crippen molar-refractivity contribution < 1.29 is 19.1 Å². The molecule has 1 atom stereocenters. The van der Waals surface area contributed by atoms with E-state index >= 15 is 0 Å². The Hall–Kier alpha value is -3.57. The maximum Gasteiger partial charge on any atom is 0.338 e. The van der Waals surface area contributed by atoms with Gasteiger partial charge in [-0.25, -0.2) is 4.79 Å². The van der Waals surface area contributed by atoms with Crippen molar-refractivity contribution >= 4 is 35.2 Å². The van der Waals surface area contributed by atoms with E-state index in [2.05, 4.69) is 0 Å². The number of amides is 2. The van der Waals surface area contributed by atoms with Crippen LogP contribution >= 0.6 is 11.8 Å². The minimum Gasteiger partial charge on any atom is -0.462 e. The number of hydrogen-bond acceptors (Lipinski definition) is 6. The molecule has 1 fully saturated rings. The smallest absolute Gasteiger partial charge is 0.338 e. The summed E-state index contributed by atoms with van der Waals surface area (Å²) in [7, 11) is 0. The van der Waals surface area contributed by atoms with Gasteiger partial charge in [0.2, 0.25) is 5.91 Å². The normalized spacial score (nSPS) is 17.4. The minimum atomic E-state index is -0.881. The standard InChI is InChI=1S/C22H19N3O4S/c1-2-29-22(28)15-10-8-14(9-11-15)12-18-20(27)25(16-6-4-3-5-7-16)21(30-18)17(13-23)19(24)26/h3-11,18H,2,12H2,1H3,(H2,24,26)/b21-17+/t18-/m0/s1. The monoisotopic (exact) mass is 421 g/mol. The summed E-state index contributed by atoms with van der Waals surface area (Å²) >= 11 is 1.14. The van der Waals surface area contributed by atoms with E-state index in [0.29, 0.717) is 24.3 Å². The van der Waals surface area contributed by atoms with Crippen LogP contribution in [-0.4, -0.2) is 29.6 Å². The Morgan fingerprint density at radius 1 is 1.17 bits per heavy atom. The summed E-state index contributed by atoms with van der Waals surface area (Å²) in [4.78, 5) is 38.1. The summed E-state index contributed by atoms with van der Waals surface area (Å²) in [6.07, 6.45) is 0.358. The number of primary amides is 1. The Labute approximate surface area is 178 Å². The first-order valence-electron chi connectivity index (χ1n) is 9.22.